The summed E-state index contributed by atoms with van der Waals surface area (Å²) in [5, 5.41) is 3.73. The summed E-state index contributed by atoms with van der Waals surface area (Å²) in [7, 11) is 0. The smallest absolute Gasteiger partial charge is 0.329 e. The Morgan fingerprint density at radius 2 is 1.63 bits per heavy atom. The van der Waals surface area contributed by atoms with E-state index >= 15 is 0 Å². The van der Waals surface area contributed by atoms with Crippen molar-refractivity contribution in [3.63, 3.8) is 0 Å². The van der Waals surface area contributed by atoms with E-state index in [-0.39, 0.29) is 12.2 Å². The first-order chi connectivity index (χ1) is 16.9. The van der Waals surface area contributed by atoms with E-state index in [1.807, 2.05) is 49.5 Å². The van der Waals surface area contributed by atoms with Gasteiger partial charge in [-0.2, -0.15) is 0 Å². The quantitative estimate of drug-likeness (QED) is 0.227. The van der Waals surface area contributed by atoms with Gasteiger partial charge in [-0.3, -0.25) is 9.59 Å². The van der Waals surface area contributed by atoms with Crippen molar-refractivity contribution in [2.45, 2.75) is 25.8 Å². The highest BCUT2D eigenvalue weighted by Gasteiger charge is 2.25. The summed E-state index contributed by atoms with van der Waals surface area (Å²) in [6.45, 7) is 1.64. The summed E-state index contributed by atoms with van der Waals surface area (Å²) < 4.78 is 6.21. The molecule has 0 aliphatic rings. The predicted molar refractivity (Wildman–Crippen MR) is 139 cm³/mol. The second-order valence-electron chi connectivity index (χ2n) is 8.18. The number of ether oxygens (including phenoxy) is 1. The van der Waals surface area contributed by atoms with Crippen LogP contribution in [0.2, 0.25) is 0 Å². The van der Waals surface area contributed by atoms with Crippen LogP contribution in [0.4, 0.5) is 0 Å². The van der Waals surface area contributed by atoms with E-state index < -0.39 is 24.5 Å². The first-order valence-electron chi connectivity index (χ1n) is 11.3. The van der Waals surface area contributed by atoms with Gasteiger partial charge in [-0.1, -0.05) is 65.3 Å². The van der Waals surface area contributed by atoms with Gasteiger partial charge in [-0.15, -0.1) is 0 Å². The Labute approximate surface area is 211 Å². The lowest BCUT2D eigenvalue weighted by molar-refractivity contribution is -0.144. The largest absolute Gasteiger partial charge is 0.456 e. The molecule has 0 saturated heterocycles. The maximum Gasteiger partial charge on any atom is 0.329 e. The van der Waals surface area contributed by atoms with Crippen LogP contribution in [0.3, 0.4) is 0 Å². The van der Waals surface area contributed by atoms with Gasteiger partial charge in [0, 0.05) is 39.1 Å². The molecule has 35 heavy (non-hydrogen) atoms. The van der Waals surface area contributed by atoms with Crippen molar-refractivity contribution in [3.8, 4) is 0 Å². The average molecular weight is 533 g/mol. The molecule has 7 heteroatoms. The summed E-state index contributed by atoms with van der Waals surface area (Å²) in [6, 6.07) is 20.8. The lowest BCUT2D eigenvalue weighted by Crippen LogP contribution is -2.43. The van der Waals surface area contributed by atoms with Gasteiger partial charge in [0.2, 0.25) is 0 Å². The van der Waals surface area contributed by atoms with Gasteiger partial charge < -0.3 is 15.0 Å². The first kappa shape index (κ1) is 24.4. The van der Waals surface area contributed by atoms with Crippen LogP contribution in [0.25, 0.3) is 10.9 Å². The minimum atomic E-state index is -0.972. The number of esters is 1. The number of benzene rings is 3. The molecule has 0 bridgehead atoms. The molecular formula is C28H25BrN2O4. The molecule has 0 unspecified atom stereocenters. The van der Waals surface area contributed by atoms with Crippen molar-refractivity contribution >= 4 is 44.5 Å². The van der Waals surface area contributed by atoms with Crippen LogP contribution in [0.1, 0.15) is 38.8 Å². The number of rotatable bonds is 9. The lowest BCUT2D eigenvalue weighted by Gasteiger charge is -2.18. The minimum Gasteiger partial charge on any atom is -0.456 e. The second kappa shape index (κ2) is 11.1. The molecule has 0 fully saturated rings. The van der Waals surface area contributed by atoms with Crippen molar-refractivity contribution in [2.75, 3.05) is 6.61 Å². The van der Waals surface area contributed by atoms with Gasteiger partial charge in [0.1, 0.15) is 6.04 Å². The van der Waals surface area contributed by atoms with Gasteiger partial charge in [-0.05, 0) is 47.9 Å². The molecule has 4 rings (SSSR count). The van der Waals surface area contributed by atoms with E-state index in [1.165, 1.54) is 0 Å². The summed E-state index contributed by atoms with van der Waals surface area (Å²) >= 11 is 3.35. The molecule has 1 atom stereocenters. The van der Waals surface area contributed by atoms with Crippen LogP contribution in [0.5, 0.6) is 0 Å². The van der Waals surface area contributed by atoms with Gasteiger partial charge in [0.05, 0.1) is 0 Å². The number of aromatic nitrogens is 1. The number of amides is 1. The Hall–Kier alpha value is -3.71. The fraction of sp³-hybridized carbons (Fsp3) is 0.179. The number of H-pyrrole nitrogens is 1. The van der Waals surface area contributed by atoms with Gasteiger partial charge in [0.15, 0.2) is 12.4 Å². The lowest BCUT2D eigenvalue weighted by atomic mass is 10.0. The van der Waals surface area contributed by atoms with E-state index in [1.54, 1.807) is 36.4 Å². The molecule has 1 amide bonds. The normalized spacial score (nSPS) is 11.7. The Kier molecular flexibility index (Phi) is 7.77. The Morgan fingerprint density at radius 3 is 2.34 bits per heavy atom. The number of halogens is 1. The number of carbonyl (C=O) groups is 3. The van der Waals surface area contributed by atoms with Crippen molar-refractivity contribution in [1.82, 2.24) is 10.3 Å². The highest BCUT2D eigenvalue weighted by atomic mass is 79.9. The number of Topliss-reactive ketones (excluding diaryl/α,β-unsaturated/α-hetero) is 1. The number of aryl methyl sites for hydroxylation is 1. The summed E-state index contributed by atoms with van der Waals surface area (Å²) in [6.07, 6.45) is 2.90. The maximum absolute atomic E-state index is 13.1. The van der Waals surface area contributed by atoms with E-state index in [0.29, 0.717) is 11.1 Å². The third-order valence-corrected chi connectivity index (χ3v) is 6.35. The fourth-order valence-corrected chi connectivity index (χ4v) is 4.07. The van der Waals surface area contributed by atoms with Crippen molar-refractivity contribution in [3.05, 3.63) is 106 Å². The fourth-order valence-electron chi connectivity index (χ4n) is 3.80. The summed E-state index contributed by atoms with van der Waals surface area (Å²) in [4.78, 5) is 41.7. The van der Waals surface area contributed by atoms with Gasteiger partial charge >= 0.3 is 5.97 Å². The summed E-state index contributed by atoms with van der Waals surface area (Å²) in [5.41, 5.74) is 3.80. The zero-order chi connectivity index (χ0) is 24.8. The number of ketones is 1. The van der Waals surface area contributed by atoms with E-state index in [9.17, 15) is 14.4 Å². The first-order valence-corrected chi connectivity index (χ1v) is 12.1. The van der Waals surface area contributed by atoms with Crippen LogP contribution in [-0.4, -0.2) is 35.3 Å². The molecule has 1 heterocycles. The van der Waals surface area contributed by atoms with Crippen LogP contribution < -0.4 is 5.32 Å². The molecule has 0 aliphatic heterocycles. The van der Waals surface area contributed by atoms with Crippen LogP contribution in [0, 0.1) is 0 Å². The number of fused-ring (bicyclic) bond motifs is 1. The molecule has 1 aromatic heterocycles. The topological polar surface area (TPSA) is 88.3 Å². The zero-order valence-corrected chi connectivity index (χ0v) is 20.8. The maximum atomic E-state index is 13.1. The van der Waals surface area contributed by atoms with Gasteiger partial charge in [0.25, 0.3) is 5.91 Å². The van der Waals surface area contributed by atoms with E-state index in [0.717, 1.165) is 32.9 Å². The van der Waals surface area contributed by atoms with Crippen molar-refractivity contribution in [2.24, 2.45) is 0 Å². The SMILES string of the molecule is CCc1ccc(C(=O)COC(=O)[C@@H](Cc2c[nH]c3ccccc23)NC(=O)c2ccc(Br)cc2)cc1. The van der Waals surface area contributed by atoms with Crippen LogP contribution in [0.15, 0.2) is 83.5 Å². The van der Waals surface area contributed by atoms with Gasteiger partial charge in [-0.25, -0.2) is 4.79 Å². The molecule has 0 spiro atoms. The highest BCUT2D eigenvalue weighted by molar-refractivity contribution is 9.10. The zero-order valence-electron chi connectivity index (χ0n) is 19.2. The number of nitrogens with one attached hydrogen (secondary N) is 2. The van der Waals surface area contributed by atoms with E-state index in [4.69, 9.17) is 4.74 Å². The van der Waals surface area contributed by atoms with Crippen molar-refractivity contribution < 1.29 is 19.1 Å². The minimum absolute atomic E-state index is 0.213. The Morgan fingerprint density at radius 1 is 0.943 bits per heavy atom. The number of para-hydroxylation sites is 1. The number of aromatic amines is 1. The molecule has 4 aromatic rings. The molecule has 0 radical (unpaired) electrons. The predicted octanol–water partition coefficient (Wildman–Crippen LogP) is 5.26. The van der Waals surface area contributed by atoms with Crippen LogP contribution in [-0.2, 0) is 22.4 Å². The Bertz CT molecular complexity index is 1340. The molecule has 0 aliphatic carbocycles. The molecule has 6 nitrogen and oxygen atoms in total. The molecular weight excluding hydrogens is 508 g/mol. The highest BCUT2D eigenvalue weighted by Crippen LogP contribution is 2.20. The molecule has 178 valence electrons. The third kappa shape index (κ3) is 6.05. The molecule has 3 aromatic carbocycles. The van der Waals surface area contributed by atoms with Crippen LogP contribution >= 0.6 is 15.9 Å². The standard InChI is InChI=1S/C28H25BrN2O4/c1-2-18-7-9-19(10-8-18)26(32)17-35-28(34)25(31-27(33)20-11-13-22(29)14-12-20)15-21-16-30-24-6-4-3-5-23(21)24/h3-14,16,25,30H,2,15,17H2,1H3,(H,31,33)/t25-/m1/s1. The molecule has 2 N–H and O–H groups in total. The average Bonchev–Trinajstić information content (AvgIpc) is 3.29. The Balaban J connectivity index is 1.50. The van der Waals surface area contributed by atoms with Crippen molar-refractivity contribution in [1.29, 1.82) is 0 Å². The number of hydrogen-bond donors (Lipinski definition) is 2. The second-order valence-corrected chi connectivity index (χ2v) is 9.09. The molecule has 0 saturated carbocycles. The number of carbonyl (C=O) groups excluding carboxylic acids is 3. The third-order valence-electron chi connectivity index (χ3n) is 5.82. The van der Waals surface area contributed by atoms with E-state index in [2.05, 4.69) is 26.2 Å². The monoisotopic (exact) mass is 532 g/mol. The summed E-state index contributed by atoms with van der Waals surface area (Å²) in [5.74, 6) is -1.37. The number of hydrogen-bond acceptors (Lipinski definition) is 4.